The van der Waals surface area contributed by atoms with Gasteiger partial charge in [0.25, 0.3) is 0 Å². The molecule has 98 valence electrons. The number of halogens is 1. The molecule has 1 N–H and O–H groups in total. The summed E-state index contributed by atoms with van der Waals surface area (Å²) in [4.78, 5) is 0. The summed E-state index contributed by atoms with van der Waals surface area (Å²) in [6.07, 6.45) is 5.21. The number of benzene rings is 1. The first-order chi connectivity index (χ1) is 8.62. The van der Waals surface area contributed by atoms with Crippen LogP contribution in [0, 0.1) is 0 Å². The highest BCUT2D eigenvalue weighted by Gasteiger charge is 2.44. The molecule has 0 bridgehead atoms. The summed E-state index contributed by atoms with van der Waals surface area (Å²) in [7, 11) is 1.60. The van der Waals surface area contributed by atoms with Crippen molar-refractivity contribution in [1.29, 1.82) is 0 Å². The van der Waals surface area contributed by atoms with E-state index in [9.17, 15) is 5.11 Å². The molecule has 0 saturated heterocycles. The highest BCUT2D eigenvalue weighted by Crippen LogP contribution is 2.50. The quantitative estimate of drug-likeness (QED) is 0.911. The van der Waals surface area contributed by atoms with Crippen molar-refractivity contribution >= 4 is 11.6 Å². The molecule has 1 aromatic rings. The molecule has 3 rings (SSSR count). The van der Waals surface area contributed by atoms with Crippen molar-refractivity contribution in [3.05, 3.63) is 22.7 Å². The van der Waals surface area contributed by atoms with Crippen LogP contribution < -0.4 is 9.47 Å². The van der Waals surface area contributed by atoms with E-state index in [0.29, 0.717) is 16.5 Å². The van der Waals surface area contributed by atoms with Crippen LogP contribution in [0.25, 0.3) is 0 Å². The van der Waals surface area contributed by atoms with Gasteiger partial charge < -0.3 is 14.6 Å². The lowest BCUT2D eigenvalue weighted by Crippen LogP contribution is -2.25. The van der Waals surface area contributed by atoms with Crippen LogP contribution >= 0.6 is 11.6 Å². The monoisotopic (exact) mass is 268 g/mol. The Labute approximate surface area is 112 Å². The minimum absolute atomic E-state index is 0.279. The average Bonchev–Trinajstić information content (AvgIpc) is 3.03. The molecular formula is C14H17ClO3. The molecule has 3 nitrogen and oxygen atoms in total. The second-order valence-electron chi connectivity index (χ2n) is 5.19. The van der Waals surface area contributed by atoms with Crippen LogP contribution in [-0.4, -0.2) is 18.3 Å². The molecular weight excluding hydrogens is 252 g/mol. The second-order valence-corrected chi connectivity index (χ2v) is 5.59. The summed E-state index contributed by atoms with van der Waals surface area (Å²) >= 11 is 6.19. The fourth-order valence-electron chi connectivity index (χ4n) is 2.20. The molecule has 2 saturated carbocycles. The van der Waals surface area contributed by atoms with Crippen LogP contribution in [0.1, 0.15) is 37.7 Å². The molecule has 0 atom stereocenters. The van der Waals surface area contributed by atoms with Gasteiger partial charge in [0.2, 0.25) is 0 Å². The average molecular weight is 269 g/mol. The number of rotatable bonds is 4. The zero-order valence-corrected chi connectivity index (χ0v) is 11.2. The maximum Gasteiger partial charge on any atom is 0.162 e. The van der Waals surface area contributed by atoms with Crippen molar-refractivity contribution in [2.24, 2.45) is 0 Å². The largest absolute Gasteiger partial charge is 0.493 e. The summed E-state index contributed by atoms with van der Waals surface area (Å²) in [5.74, 6) is 1.34. The van der Waals surface area contributed by atoms with Crippen LogP contribution in [0.4, 0.5) is 0 Å². The van der Waals surface area contributed by atoms with Crippen molar-refractivity contribution in [1.82, 2.24) is 0 Å². The smallest absolute Gasteiger partial charge is 0.162 e. The maximum absolute atomic E-state index is 10.2. The molecule has 0 spiro atoms. The first-order valence-corrected chi connectivity index (χ1v) is 6.77. The molecule has 0 aliphatic heterocycles. The van der Waals surface area contributed by atoms with Crippen molar-refractivity contribution in [3.63, 3.8) is 0 Å². The Morgan fingerprint density at radius 1 is 1.28 bits per heavy atom. The van der Waals surface area contributed by atoms with Crippen LogP contribution in [0.2, 0.25) is 5.02 Å². The van der Waals surface area contributed by atoms with Gasteiger partial charge in [0, 0.05) is 11.6 Å². The van der Waals surface area contributed by atoms with E-state index in [1.165, 1.54) is 6.42 Å². The van der Waals surface area contributed by atoms with Gasteiger partial charge in [0.1, 0.15) is 0 Å². The lowest BCUT2D eigenvalue weighted by atomic mass is 9.96. The molecule has 2 aliphatic rings. The predicted octanol–water partition coefficient (Wildman–Crippen LogP) is 3.26. The van der Waals surface area contributed by atoms with Gasteiger partial charge in [-0.1, -0.05) is 11.6 Å². The summed E-state index contributed by atoms with van der Waals surface area (Å²) in [5.41, 5.74) is 0.0143. The van der Waals surface area contributed by atoms with Crippen LogP contribution in [0.3, 0.4) is 0 Å². The van der Waals surface area contributed by atoms with E-state index in [2.05, 4.69) is 0 Å². The third-order valence-electron chi connectivity index (χ3n) is 3.82. The number of methoxy groups -OCH3 is 1. The summed E-state index contributed by atoms with van der Waals surface area (Å²) in [5, 5.41) is 10.7. The fourth-order valence-corrected chi connectivity index (χ4v) is 2.53. The molecule has 0 unspecified atom stereocenters. The van der Waals surface area contributed by atoms with Crippen LogP contribution in [-0.2, 0) is 5.60 Å². The Hall–Kier alpha value is -0.930. The molecule has 0 heterocycles. The zero-order chi connectivity index (χ0) is 12.8. The standard InChI is InChI=1S/C14H17ClO3/c1-17-12-8-11(15)10(14(16)5-6-14)7-13(12)18-9-3-2-4-9/h7-9,16H,2-6H2,1H3. The Morgan fingerprint density at radius 3 is 2.50 bits per heavy atom. The molecule has 0 radical (unpaired) electrons. The van der Waals surface area contributed by atoms with Gasteiger partial charge in [-0.2, -0.15) is 0 Å². The maximum atomic E-state index is 10.2. The first kappa shape index (κ1) is 12.1. The Balaban J connectivity index is 1.93. The SMILES string of the molecule is COc1cc(Cl)c(C2(O)CC2)cc1OC1CCC1. The molecule has 0 amide bonds. The number of hydrogen-bond acceptors (Lipinski definition) is 3. The normalized spacial score (nSPS) is 21.3. The second kappa shape index (κ2) is 4.32. The van der Waals surface area contributed by atoms with Gasteiger partial charge in [-0.25, -0.2) is 0 Å². The van der Waals surface area contributed by atoms with Crippen molar-refractivity contribution < 1.29 is 14.6 Å². The van der Waals surface area contributed by atoms with Crippen molar-refractivity contribution in [3.8, 4) is 11.5 Å². The fraction of sp³-hybridized carbons (Fsp3) is 0.571. The Bertz CT molecular complexity index is 464. The Morgan fingerprint density at radius 2 is 2.00 bits per heavy atom. The van der Waals surface area contributed by atoms with Crippen molar-refractivity contribution in [2.75, 3.05) is 7.11 Å². The van der Waals surface area contributed by atoms with Gasteiger partial charge in [-0.3, -0.25) is 0 Å². The summed E-state index contributed by atoms with van der Waals surface area (Å²) in [6.45, 7) is 0. The van der Waals surface area contributed by atoms with E-state index in [1.807, 2.05) is 6.07 Å². The highest BCUT2D eigenvalue weighted by molar-refractivity contribution is 6.31. The van der Waals surface area contributed by atoms with E-state index < -0.39 is 5.60 Å². The van der Waals surface area contributed by atoms with Gasteiger partial charge >= 0.3 is 0 Å². The minimum Gasteiger partial charge on any atom is -0.493 e. The highest BCUT2D eigenvalue weighted by atomic mass is 35.5. The van der Waals surface area contributed by atoms with Crippen LogP contribution in [0.5, 0.6) is 11.5 Å². The van der Waals surface area contributed by atoms with E-state index >= 15 is 0 Å². The van der Waals surface area contributed by atoms with Gasteiger partial charge in [0.15, 0.2) is 11.5 Å². The lowest BCUT2D eigenvalue weighted by Gasteiger charge is -2.28. The molecule has 2 fully saturated rings. The molecule has 0 aromatic heterocycles. The predicted molar refractivity (Wildman–Crippen MR) is 69.4 cm³/mol. The van der Waals surface area contributed by atoms with E-state index in [1.54, 1.807) is 13.2 Å². The first-order valence-electron chi connectivity index (χ1n) is 6.39. The van der Waals surface area contributed by atoms with Gasteiger partial charge in [-0.05, 0) is 38.2 Å². The number of hydrogen-bond donors (Lipinski definition) is 1. The molecule has 1 aromatic carbocycles. The summed E-state index contributed by atoms with van der Waals surface area (Å²) < 4.78 is 11.2. The molecule has 4 heteroatoms. The topological polar surface area (TPSA) is 38.7 Å². The Kier molecular flexibility index (Phi) is 2.91. The van der Waals surface area contributed by atoms with E-state index in [4.69, 9.17) is 21.1 Å². The minimum atomic E-state index is -0.749. The third-order valence-corrected chi connectivity index (χ3v) is 4.14. The molecule has 2 aliphatic carbocycles. The van der Waals surface area contributed by atoms with E-state index in [-0.39, 0.29) is 6.10 Å². The van der Waals surface area contributed by atoms with Gasteiger partial charge in [-0.15, -0.1) is 0 Å². The number of aliphatic hydroxyl groups is 1. The van der Waals surface area contributed by atoms with E-state index in [0.717, 1.165) is 31.2 Å². The van der Waals surface area contributed by atoms with Crippen LogP contribution in [0.15, 0.2) is 12.1 Å². The lowest BCUT2D eigenvalue weighted by molar-refractivity contribution is 0.114. The third kappa shape index (κ3) is 2.06. The van der Waals surface area contributed by atoms with Crippen molar-refractivity contribution in [2.45, 2.75) is 43.8 Å². The number of ether oxygens (including phenoxy) is 2. The molecule has 18 heavy (non-hydrogen) atoms. The summed E-state index contributed by atoms with van der Waals surface area (Å²) in [6, 6.07) is 3.58. The van der Waals surface area contributed by atoms with Gasteiger partial charge in [0.05, 0.1) is 23.8 Å². The zero-order valence-electron chi connectivity index (χ0n) is 10.4.